The quantitative estimate of drug-likeness (QED) is 0.652. The number of nitrogens with one attached hydrogen (secondary N) is 1. The fraction of sp³-hybridized carbons (Fsp3) is 0.316. The summed E-state index contributed by atoms with van der Waals surface area (Å²) in [6.07, 6.45) is 0.550. The second-order valence-corrected chi connectivity index (χ2v) is 6.39. The molecule has 0 spiro atoms. The van der Waals surface area contributed by atoms with Crippen LogP contribution in [0.5, 0.6) is 11.5 Å². The van der Waals surface area contributed by atoms with Gasteiger partial charge in [0.2, 0.25) is 5.91 Å². The first kappa shape index (κ1) is 18.3. The van der Waals surface area contributed by atoms with E-state index in [1.807, 2.05) is 36.4 Å². The zero-order valence-electron chi connectivity index (χ0n) is 14.6. The van der Waals surface area contributed by atoms with Crippen molar-refractivity contribution in [2.45, 2.75) is 24.7 Å². The maximum atomic E-state index is 12.3. The van der Waals surface area contributed by atoms with Crippen LogP contribution in [0.1, 0.15) is 23.5 Å². The molecule has 0 aliphatic carbocycles. The lowest BCUT2D eigenvalue weighted by Crippen LogP contribution is -2.47. The topological polar surface area (TPSA) is 88.0 Å². The molecule has 3 rings (SSSR count). The summed E-state index contributed by atoms with van der Waals surface area (Å²) in [5.41, 5.74) is 1.85. The third kappa shape index (κ3) is 4.36. The Morgan fingerprint density at radius 1 is 1.27 bits per heavy atom. The van der Waals surface area contributed by atoms with Crippen LogP contribution in [0.2, 0.25) is 0 Å². The number of carbonyl (C=O) groups excluding carboxylic acids is 1. The summed E-state index contributed by atoms with van der Waals surface area (Å²) in [6, 6.07) is 14.9. The van der Waals surface area contributed by atoms with Crippen LogP contribution < -0.4 is 14.8 Å². The molecule has 136 valence electrons. The zero-order chi connectivity index (χ0) is 18.5. The average molecular weight is 355 g/mol. The van der Waals surface area contributed by atoms with E-state index < -0.39 is 13.1 Å². The maximum Gasteiger partial charge on any atom is 0.475 e. The van der Waals surface area contributed by atoms with Crippen LogP contribution >= 0.6 is 0 Å². The number of para-hydroxylation sites is 1. The molecule has 2 atom stereocenters. The molecule has 0 saturated heterocycles. The number of benzene rings is 2. The second-order valence-electron chi connectivity index (χ2n) is 6.39. The Morgan fingerprint density at radius 3 is 2.69 bits per heavy atom. The minimum atomic E-state index is -1.64. The van der Waals surface area contributed by atoms with Crippen molar-refractivity contribution in [1.29, 1.82) is 0 Å². The predicted molar refractivity (Wildman–Crippen MR) is 98.1 cm³/mol. The number of rotatable bonds is 7. The van der Waals surface area contributed by atoms with Gasteiger partial charge in [-0.3, -0.25) is 4.79 Å². The lowest BCUT2D eigenvalue weighted by Gasteiger charge is -2.21. The highest BCUT2D eigenvalue weighted by molar-refractivity contribution is 6.43. The number of amides is 1. The highest BCUT2D eigenvalue weighted by Gasteiger charge is 2.32. The minimum absolute atomic E-state index is 0.0132. The number of hydrogen-bond donors (Lipinski definition) is 3. The van der Waals surface area contributed by atoms with Crippen LogP contribution in [0, 0.1) is 0 Å². The number of fused-ring (bicyclic) bond motifs is 1. The predicted octanol–water partition coefficient (Wildman–Crippen LogP) is 1.30. The van der Waals surface area contributed by atoms with Gasteiger partial charge in [0.25, 0.3) is 0 Å². The Hall–Kier alpha value is -2.51. The molecular weight excluding hydrogens is 333 g/mol. The lowest BCUT2D eigenvalue weighted by atomic mass is 9.73. The number of carbonyl (C=O) groups is 1. The maximum absolute atomic E-state index is 12.3. The van der Waals surface area contributed by atoms with Crippen molar-refractivity contribution < 1.29 is 24.3 Å². The molecule has 1 aliphatic rings. The SMILES string of the molecule is COc1ccc(CC(=O)N[C@@H](C[C@@H]2COc3ccccc32)B(O)O)cc1. The molecule has 7 heteroatoms. The first-order valence-corrected chi connectivity index (χ1v) is 8.57. The standard InChI is InChI=1S/C19H22BNO5/c1-25-15-8-6-13(7-9-15)10-19(22)21-18(20(23)24)11-14-12-26-17-5-3-2-4-16(14)17/h2-9,14,18,23-24H,10-12H2,1H3,(H,21,22)/t14-,18+/m1/s1. The molecule has 0 bridgehead atoms. The van der Waals surface area contributed by atoms with Crippen LogP contribution in [-0.2, 0) is 11.2 Å². The smallest absolute Gasteiger partial charge is 0.475 e. The molecule has 2 aromatic carbocycles. The van der Waals surface area contributed by atoms with Gasteiger partial charge in [-0.25, -0.2) is 0 Å². The van der Waals surface area contributed by atoms with Crippen LogP contribution in [-0.4, -0.2) is 42.7 Å². The van der Waals surface area contributed by atoms with E-state index >= 15 is 0 Å². The largest absolute Gasteiger partial charge is 0.497 e. The van der Waals surface area contributed by atoms with E-state index in [1.165, 1.54) is 0 Å². The summed E-state index contributed by atoms with van der Waals surface area (Å²) in [6.45, 7) is 0.469. The second kappa shape index (κ2) is 8.25. The normalized spacial score (nSPS) is 16.3. The van der Waals surface area contributed by atoms with Crippen molar-refractivity contribution in [2.24, 2.45) is 0 Å². The van der Waals surface area contributed by atoms with E-state index in [1.54, 1.807) is 19.2 Å². The first-order valence-electron chi connectivity index (χ1n) is 8.57. The van der Waals surface area contributed by atoms with E-state index in [0.717, 1.165) is 22.6 Å². The van der Waals surface area contributed by atoms with Gasteiger partial charge in [-0.2, -0.15) is 0 Å². The summed E-state index contributed by atoms with van der Waals surface area (Å²) in [5.74, 6) is 0.520. The monoisotopic (exact) mass is 355 g/mol. The van der Waals surface area contributed by atoms with Crippen LogP contribution in [0.15, 0.2) is 48.5 Å². The van der Waals surface area contributed by atoms with E-state index in [9.17, 15) is 14.8 Å². The molecule has 2 aromatic rings. The zero-order valence-corrected chi connectivity index (χ0v) is 14.6. The molecule has 0 fully saturated rings. The van der Waals surface area contributed by atoms with Gasteiger partial charge in [-0.05, 0) is 30.2 Å². The number of methoxy groups -OCH3 is 1. The molecule has 1 heterocycles. The van der Waals surface area contributed by atoms with Gasteiger partial charge in [0.1, 0.15) is 11.5 Å². The van der Waals surface area contributed by atoms with Crippen LogP contribution in [0.4, 0.5) is 0 Å². The van der Waals surface area contributed by atoms with Crippen LogP contribution in [0.3, 0.4) is 0 Å². The first-order chi connectivity index (χ1) is 12.6. The molecule has 6 nitrogen and oxygen atoms in total. The van der Waals surface area contributed by atoms with E-state index in [4.69, 9.17) is 9.47 Å². The summed E-state index contributed by atoms with van der Waals surface area (Å²) >= 11 is 0. The van der Waals surface area contributed by atoms with Crippen molar-refractivity contribution >= 4 is 13.0 Å². The summed E-state index contributed by atoms with van der Waals surface area (Å²) in [7, 11) is -0.0533. The Morgan fingerprint density at radius 2 is 2.00 bits per heavy atom. The number of hydrogen-bond acceptors (Lipinski definition) is 5. The van der Waals surface area contributed by atoms with E-state index in [-0.39, 0.29) is 18.2 Å². The molecule has 3 N–H and O–H groups in total. The van der Waals surface area contributed by atoms with Gasteiger partial charge in [-0.1, -0.05) is 30.3 Å². The van der Waals surface area contributed by atoms with Gasteiger partial charge in [0.15, 0.2) is 0 Å². The minimum Gasteiger partial charge on any atom is -0.497 e. The highest BCUT2D eigenvalue weighted by Crippen LogP contribution is 2.36. The van der Waals surface area contributed by atoms with Crippen molar-refractivity contribution in [3.8, 4) is 11.5 Å². The molecule has 0 aromatic heterocycles. The van der Waals surface area contributed by atoms with E-state index in [0.29, 0.717) is 13.0 Å². The van der Waals surface area contributed by atoms with Gasteiger partial charge >= 0.3 is 7.12 Å². The van der Waals surface area contributed by atoms with Crippen molar-refractivity contribution in [3.05, 3.63) is 59.7 Å². The Kier molecular flexibility index (Phi) is 5.80. The fourth-order valence-electron chi connectivity index (χ4n) is 3.17. The third-order valence-electron chi connectivity index (χ3n) is 4.57. The Balaban J connectivity index is 1.60. The summed E-state index contributed by atoms with van der Waals surface area (Å²) < 4.78 is 10.7. The summed E-state index contributed by atoms with van der Waals surface area (Å²) in [4.78, 5) is 12.3. The third-order valence-corrected chi connectivity index (χ3v) is 4.57. The van der Waals surface area contributed by atoms with E-state index in [2.05, 4.69) is 5.32 Å². The van der Waals surface area contributed by atoms with Gasteiger partial charge < -0.3 is 24.8 Å². The fourth-order valence-corrected chi connectivity index (χ4v) is 3.17. The van der Waals surface area contributed by atoms with Gasteiger partial charge in [-0.15, -0.1) is 0 Å². The van der Waals surface area contributed by atoms with Crippen molar-refractivity contribution in [1.82, 2.24) is 5.32 Å². The van der Waals surface area contributed by atoms with Crippen molar-refractivity contribution in [3.63, 3.8) is 0 Å². The lowest BCUT2D eigenvalue weighted by molar-refractivity contribution is -0.120. The molecular formula is C19H22BNO5. The highest BCUT2D eigenvalue weighted by atomic mass is 16.5. The molecule has 0 unspecified atom stereocenters. The average Bonchev–Trinajstić information content (AvgIpc) is 3.05. The molecule has 0 saturated carbocycles. The molecule has 1 aliphatic heterocycles. The number of ether oxygens (including phenoxy) is 2. The van der Waals surface area contributed by atoms with Crippen LogP contribution in [0.25, 0.3) is 0 Å². The van der Waals surface area contributed by atoms with Gasteiger partial charge in [0.05, 0.1) is 26.1 Å². The Labute approximate surface area is 152 Å². The van der Waals surface area contributed by atoms with Crippen molar-refractivity contribution in [2.75, 3.05) is 13.7 Å². The summed E-state index contributed by atoms with van der Waals surface area (Å²) in [5, 5.41) is 22.1. The van der Waals surface area contributed by atoms with Gasteiger partial charge in [0, 0.05) is 11.5 Å². The molecule has 0 radical (unpaired) electrons. The molecule has 1 amide bonds. The Bertz CT molecular complexity index is 750. The molecule has 26 heavy (non-hydrogen) atoms.